The summed E-state index contributed by atoms with van der Waals surface area (Å²) in [5, 5.41) is 4.47. The van der Waals surface area contributed by atoms with Gasteiger partial charge in [-0.25, -0.2) is 0 Å². The molecular formula is C18H19BrClN. The molecule has 1 fully saturated rings. The van der Waals surface area contributed by atoms with Crippen LogP contribution in [-0.2, 0) is 6.42 Å². The van der Waals surface area contributed by atoms with E-state index < -0.39 is 0 Å². The van der Waals surface area contributed by atoms with Gasteiger partial charge in [0.2, 0.25) is 0 Å². The van der Waals surface area contributed by atoms with Gasteiger partial charge in [0, 0.05) is 28.0 Å². The molecule has 0 amide bonds. The van der Waals surface area contributed by atoms with Crippen LogP contribution < -0.4 is 5.32 Å². The maximum Gasteiger partial charge on any atom is 0.0408 e. The summed E-state index contributed by atoms with van der Waals surface area (Å²) in [4.78, 5) is 0. The van der Waals surface area contributed by atoms with E-state index >= 15 is 0 Å². The van der Waals surface area contributed by atoms with Gasteiger partial charge in [-0.05, 0) is 48.6 Å². The van der Waals surface area contributed by atoms with Gasteiger partial charge in [0.25, 0.3) is 0 Å². The minimum Gasteiger partial charge on any atom is -0.313 e. The summed E-state index contributed by atoms with van der Waals surface area (Å²) in [5.74, 6) is 0.447. The minimum atomic E-state index is 0.447. The first-order valence-electron chi connectivity index (χ1n) is 7.44. The second-order valence-electron chi connectivity index (χ2n) is 5.73. The van der Waals surface area contributed by atoms with Gasteiger partial charge in [-0.2, -0.15) is 0 Å². The Kier molecular flexibility index (Phi) is 4.99. The topological polar surface area (TPSA) is 12.0 Å². The van der Waals surface area contributed by atoms with E-state index in [-0.39, 0.29) is 0 Å². The van der Waals surface area contributed by atoms with Crippen molar-refractivity contribution in [3.05, 3.63) is 69.2 Å². The molecule has 0 spiro atoms. The number of benzene rings is 2. The first kappa shape index (κ1) is 15.1. The summed E-state index contributed by atoms with van der Waals surface area (Å²) in [5.41, 5.74) is 2.66. The van der Waals surface area contributed by atoms with E-state index in [1.807, 2.05) is 12.1 Å². The Balaban J connectivity index is 1.79. The van der Waals surface area contributed by atoms with Crippen molar-refractivity contribution < 1.29 is 0 Å². The van der Waals surface area contributed by atoms with Gasteiger partial charge in [-0.15, -0.1) is 0 Å². The summed E-state index contributed by atoms with van der Waals surface area (Å²) in [6.45, 7) is 1.01. The van der Waals surface area contributed by atoms with Crippen LogP contribution in [0.2, 0.25) is 5.02 Å². The molecule has 1 saturated carbocycles. The summed E-state index contributed by atoms with van der Waals surface area (Å²) in [7, 11) is 0. The Hall–Kier alpha value is -0.830. The van der Waals surface area contributed by atoms with Crippen LogP contribution in [0.15, 0.2) is 53.0 Å². The van der Waals surface area contributed by atoms with Crippen molar-refractivity contribution in [3.8, 4) is 0 Å². The van der Waals surface area contributed by atoms with E-state index in [0.717, 1.165) is 24.0 Å². The maximum absolute atomic E-state index is 6.17. The lowest BCUT2D eigenvalue weighted by molar-refractivity contribution is 0.576. The summed E-state index contributed by atoms with van der Waals surface area (Å²) in [6.07, 6.45) is 3.65. The molecule has 3 rings (SSSR count). The van der Waals surface area contributed by atoms with Crippen molar-refractivity contribution in [2.45, 2.75) is 31.2 Å². The highest BCUT2D eigenvalue weighted by molar-refractivity contribution is 9.10. The fourth-order valence-corrected chi connectivity index (χ4v) is 3.24. The molecule has 3 heteroatoms. The smallest absolute Gasteiger partial charge is 0.0408 e. The Morgan fingerprint density at radius 3 is 2.67 bits per heavy atom. The lowest BCUT2D eigenvalue weighted by Gasteiger charge is -2.19. The zero-order valence-corrected chi connectivity index (χ0v) is 14.2. The highest BCUT2D eigenvalue weighted by Crippen LogP contribution is 2.28. The highest BCUT2D eigenvalue weighted by Gasteiger charge is 2.23. The molecule has 0 saturated heterocycles. The SMILES string of the molecule is Clc1cccc(C(CNC2CC2)Cc2ccccc2Br)c1. The van der Waals surface area contributed by atoms with E-state index in [1.54, 1.807) is 0 Å². The van der Waals surface area contributed by atoms with Crippen molar-refractivity contribution in [3.63, 3.8) is 0 Å². The zero-order chi connectivity index (χ0) is 14.7. The van der Waals surface area contributed by atoms with Crippen molar-refractivity contribution >= 4 is 27.5 Å². The van der Waals surface area contributed by atoms with E-state index in [1.165, 1.54) is 28.4 Å². The van der Waals surface area contributed by atoms with Crippen molar-refractivity contribution in [1.82, 2.24) is 5.32 Å². The molecule has 1 nitrogen and oxygen atoms in total. The monoisotopic (exact) mass is 363 g/mol. The van der Waals surface area contributed by atoms with Gasteiger partial charge >= 0.3 is 0 Å². The summed E-state index contributed by atoms with van der Waals surface area (Å²) >= 11 is 9.83. The zero-order valence-electron chi connectivity index (χ0n) is 11.9. The number of hydrogen-bond donors (Lipinski definition) is 1. The Morgan fingerprint density at radius 2 is 1.95 bits per heavy atom. The molecule has 2 aromatic rings. The Labute approximate surface area is 139 Å². The van der Waals surface area contributed by atoms with Gasteiger partial charge in [-0.1, -0.05) is 57.9 Å². The van der Waals surface area contributed by atoms with Gasteiger partial charge in [0.05, 0.1) is 0 Å². The normalized spacial score (nSPS) is 15.9. The lowest BCUT2D eigenvalue weighted by atomic mass is 9.92. The molecular weight excluding hydrogens is 346 g/mol. The minimum absolute atomic E-state index is 0.447. The van der Waals surface area contributed by atoms with Crippen LogP contribution in [0.25, 0.3) is 0 Å². The highest BCUT2D eigenvalue weighted by atomic mass is 79.9. The van der Waals surface area contributed by atoms with E-state index in [9.17, 15) is 0 Å². The number of nitrogens with one attached hydrogen (secondary N) is 1. The molecule has 0 aliphatic heterocycles. The van der Waals surface area contributed by atoms with Crippen molar-refractivity contribution in [1.29, 1.82) is 0 Å². The van der Waals surface area contributed by atoms with Crippen LogP contribution in [0.1, 0.15) is 29.9 Å². The fourth-order valence-electron chi connectivity index (χ4n) is 2.59. The third-order valence-corrected chi connectivity index (χ3v) is 4.98. The van der Waals surface area contributed by atoms with Crippen molar-refractivity contribution in [2.24, 2.45) is 0 Å². The third-order valence-electron chi connectivity index (χ3n) is 3.97. The summed E-state index contributed by atoms with van der Waals surface area (Å²) < 4.78 is 1.18. The van der Waals surface area contributed by atoms with Gasteiger partial charge in [-0.3, -0.25) is 0 Å². The van der Waals surface area contributed by atoms with Gasteiger partial charge in [0.1, 0.15) is 0 Å². The molecule has 1 atom stereocenters. The van der Waals surface area contributed by atoms with Crippen LogP contribution in [0.5, 0.6) is 0 Å². The Bertz CT molecular complexity index is 610. The van der Waals surface area contributed by atoms with E-state index in [4.69, 9.17) is 11.6 Å². The molecule has 2 aromatic carbocycles. The molecule has 1 aliphatic carbocycles. The molecule has 0 aromatic heterocycles. The molecule has 1 unspecified atom stereocenters. The first-order valence-corrected chi connectivity index (χ1v) is 8.62. The average Bonchev–Trinajstić information content (AvgIpc) is 3.29. The molecule has 0 bridgehead atoms. The lowest BCUT2D eigenvalue weighted by Crippen LogP contribution is -2.25. The second kappa shape index (κ2) is 6.95. The predicted molar refractivity (Wildman–Crippen MR) is 93.1 cm³/mol. The second-order valence-corrected chi connectivity index (χ2v) is 7.02. The number of halogens is 2. The number of hydrogen-bond acceptors (Lipinski definition) is 1. The predicted octanol–water partition coefficient (Wildman–Crippen LogP) is 5.18. The van der Waals surface area contributed by atoms with E-state index in [2.05, 4.69) is 57.6 Å². The Morgan fingerprint density at radius 1 is 1.14 bits per heavy atom. The fraction of sp³-hybridized carbons (Fsp3) is 0.333. The van der Waals surface area contributed by atoms with Crippen molar-refractivity contribution in [2.75, 3.05) is 6.54 Å². The van der Waals surface area contributed by atoms with Crippen LogP contribution >= 0.6 is 27.5 Å². The molecule has 110 valence electrons. The van der Waals surface area contributed by atoms with Gasteiger partial charge in [0.15, 0.2) is 0 Å². The largest absolute Gasteiger partial charge is 0.313 e. The quantitative estimate of drug-likeness (QED) is 0.744. The first-order chi connectivity index (χ1) is 10.2. The van der Waals surface area contributed by atoms with Crippen LogP contribution in [0, 0.1) is 0 Å². The molecule has 1 N–H and O–H groups in total. The molecule has 21 heavy (non-hydrogen) atoms. The van der Waals surface area contributed by atoms with Gasteiger partial charge < -0.3 is 5.32 Å². The maximum atomic E-state index is 6.17. The molecule has 1 aliphatic rings. The van der Waals surface area contributed by atoms with Crippen LogP contribution in [-0.4, -0.2) is 12.6 Å². The third kappa shape index (κ3) is 4.32. The standard InChI is InChI=1S/C18H19BrClN/c19-18-7-2-1-4-14(18)10-15(12-21-17-8-9-17)13-5-3-6-16(20)11-13/h1-7,11,15,17,21H,8-10,12H2. The summed E-state index contributed by atoms with van der Waals surface area (Å²) in [6, 6.07) is 17.5. The van der Waals surface area contributed by atoms with Crippen LogP contribution in [0.3, 0.4) is 0 Å². The average molecular weight is 365 g/mol. The van der Waals surface area contributed by atoms with Crippen LogP contribution in [0.4, 0.5) is 0 Å². The molecule has 0 heterocycles. The van der Waals surface area contributed by atoms with E-state index in [0.29, 0.717) is 5.92 Å². The molecule has 0 radical (unpaired) electrons. The number of rotatable bonds is 6.